The monoisotopic (exact) mass is 404 g/mol. The Balaban J connectivity index is 1.77. The van der Waals surface area contributed by atoms with Crippen LogP contribution in [0.15, 0.2) is 47.6 Å². The van der Waals surface area contributed by atoms with Crippen LogP contribution in [0.25, 0.3) is 10.1 Å². The first-order chi connectivity index (χ1) is 12.8. The quantitative estimate of drug-likeness (QED) is 0.388. The van der Waals surface area contributed by atoms with E-state index in [0.29, 0.717) is 10.3 Å². The number of thiophene rings is 1. The van der Waals surface area contributed by atoms with Gasteiger partial charge < -0.3 is 0 Å². The molecule has 27 heavy (non-hydrogen) atoms. The summed E-state index contributed by atoms with van der Waals surface area (Å²) in [7, 11) is 0. The molecule has 3 rings (SSSR count). The molecule has 0 aliphatic rings. The largest absolute Gasteiger partial charge is 0.281 e. The van der Waals surface area contributed by atoms with Gasteiger partial charge in [0.1, 0.15) is 0 Å². The van der Waals surface area contributed by atoms with Crippen LogP contribution in [0, 0.1) is 20.2 Å². The molecule has 1 heterocycles. The highest BCUT2D eigenvalue weighted by Crippen LogP contribution is 2.29. The molecule has 0 fully saturated rings. The third-order valence-electron chi connectivity index (χ3n) is 3.49. The van der Waals surface area contributed by atoms with E-state index in [0.717, 1.165) is 16.0 Å². The van der Waals surface area contributed by atoms with E-state index in [2.05, 4.69) is 10.5 Å². The van der Waals surface area contributed by atoms with Crippen LogP contribution in [0.4, 0.5) is 11.4 Å². The number of amides is 1. The summed E-state index contributed by atoms with van der Waals surface area (Å²) in [6.45, 7) is 0. The highest BCUT2D eigenvalue weighted by Gasteiger charge is 2.13. The van der Waals surface area contributed by atoms with Crippen LogP contribution in [-0.4, -0.2) is 22.0 Å². The molecule has 0 radical (unpaired) electrons. The van der Waals surface area contributed by atoms with Gasteiger partial charge in [0.25, 0.3) is 17.3 Å². The van der Waals surface area contributed by atoms with E-state index in [1.165, 1.54) is 42.6 Å². The van der Waals surface area contributed by atoms with Gasteiger partial charge in [-0.05, 0) is 18.2 Å². The molecule has 0 aliphatic carbocycles. The molecule has 0 aliphatic heterocycles. The van der Waals surface area contributed by atoms with Crippen molar-refractivity contribution >= 4 is 56.5 Å². The number of benzene rings is 2. The maximum Gasteiger partial charge on any atom is 0.281 e. The van der Waals surface area contributed by atoms with Gasteiger partial charge in [-0.25, -0.2) is 5.43 Å². The van der Waals surface area contributed by atoms with Crippen LogP contribution < -0.4 is 5.43 Å². The van der Waals surface area contributed by atoms with Gasteiger partial charge in [-0.1, -0.05) is 11.6 Å². The number of hydrogen-bond acceptors (Lipinski definition) is 7. The summed E-state index contributed by atoms with van der Waals surface area (Å²) in [5, 5.41) is 26.2. The molecule has 9 nitrogen and oxygen atoms in total. The average Bonchev–Trinajstić information content (AvgIpc) is 3.06. The van der Waals surface area contributed by atoms with E-state index in [4.69, 9.17) is 11.6 Å². The highest BCUT2D eigenvalue weighted by molar-refractivity contribution is 7.20. The van der Waals surface area contributed by atoms with Crippen molar-refractivity contribution in [3.8, 4) is 0 Å². The minimum Gasteiger partial charge on any atom is -0.266 e. The Morgan fingerprint density at radius 3 is 2.44 bits per heavy atom. The highest BCUT2D eigenvalue weighted by atomic mass is 35.5. The van der Waals surface area contributed by atoms with E-state index in [1.807, 2.05) is 0 Å². The summed E-state index contributed by atoms with van der Waals surface area (Å²) in [4.78, 5) is 33.0. The molecule has 1 amide bonds. The second-order valence-electron chi connectivity index (χ2n) is 5.25. The zero-order valence-corrected chi connectivity index (χ0v) is 14.9. The number of nitrogens with one attached hydrogen (secondary N) is 1. The standard InChI is InChI=1S/C16H9ClN4O5S/c17-13-3-1-11(20(23)24)6-10(13)8-18-19-16(22)15-7-9-5-12(21(25)26)2-4-14(9)27-15/h1-8H,(H,19,22)/b18-8-. The first-order valence-electron chi connectivity index (χ1n) is 7.30. The number of halogens is 1. The first kappa shape index (κ1) is 18.4. The number of hydrogen-bond donors (Lipinski definition) is 1. The Kier molecular flexibility index (Phi) is 5.10. The molecule has 0 bridgehead atoms. The van der Waals surface area contributed by atoms with E-state index in [9.17, 15) is 25.0 Å². The second-order valence-corrected chi connectivity index (χ2v) is 6.74. The number of nitrogens with zero attached hydrogens (tertiary/aromatic N) is 3. The fourth-order valence-electron chi connectivity index (χ4n) is 2.22. The van der Waals surface area contributed by atoms with Crippen molar-refractivity contribution in [2.75, 3.05) is 0 Å². The summed E-state index contributed by atoms with van der Waals surface area (Å²) in [6, 6.07) is 9.70. The van der Waals surface area contributed by atoms with Crippen LogP contribution in [0.3, 0.4) is 0 Å². The Bertz CT molecular complexity index is 1110. The van der Waals surface area contributed by atoms with Crippen LogP contribution in [0.1, 0.15) is 15.2 Å². The number of non-ortho nitro benzene ring substituents is 2. The molecular weight excluding hydrogens is 396 g/mol. The molecule has 0 saturated heterocycles. The van der Waals surface area contributed by atoms with Gasteiger partial charge in [0.2, 0.25) is 0 Å². The predicted molar refractivity (Wildman–Crippen MR) is 102 cm³/mol. The maximum absolute atomic E-state index is 12.2. The maximum atomic E-state index is 12.2. The van der Waals surface area contributed by atoms with Gasteiger partial charge >= 0.3 is 0 Å². The minimum atomic E-state index is -0.567. The first-order valence-corrected chi connectivity index (χ1v) is 8.50. The lowest BCUT2D eigenvalue weighted by Gasteiger charge is -1.99. The number of fused-ring (bicyclic) bond motifs is 1. The number of carbonyl (C=O) groups excluding carboxylic acids is 1. The lowest BCUT2D eigenvalue weighted by atomic mass is 10.2. The topological polar surface area (TPSA) is 128 Å². The zero-order valence-electron chi connectivity index (χ0n) is 13.3. The van der Waals surface area contributed by atoms with Crippen molar-refractivity contribution in [1.82, 2.24) is 5.43 Å². The molecule has 0 spiro atoms. The minimum absolute atomic E-state index is 0.0643. The summed E-state index contributed by atoms with van der Waals surface area (Å²) in [6.07, 6.45) is 1.20. The zero-order chi connectivity index (χ0) is 19.6. The molecule has 0 saturated carbocycles. The number of rotatable bonds is 5. The Morgan fingerprint density at radius 1 is 1.07 bits per heavy atom. The van der Waals surface area contributed by atoms with Crippen molar-refractivity contribution in [3.05, 3.63) is 78.2 Å². The van der Waals surface area contributed by atoms with E-state index in [1.54, 1.807) is 6.07 Å². The normalized spacial score (nSPS) is 11.0. The van der Waals surface area contributed by atoms with Crippen LogP contribution in [0.2, 0.25) is 5.02 Å². The molecule has 0 atom stereocenters. The fraction of sp³-hybridized carbons (Fsp3) is 0. The Morgan fingerprint density at radius 2 is 1.74 bits per heavy atom. The summed E-state index contributed by atoms with van der Waals surface area (Å²) < 4.78 is 0.719. The lowest BCUT2D eigenvalue weighted by Crippen LogP contribution is -2.16. The van der Waals surface area contributed by atoms with Crippen molar-refractivity contribution in [1.29, 1.82) is 0 Å². The number of carbonyl (C=O) groups is 1. The Labute approximate surface area is 160 Å². The van der Waals surface area contributed by atoms with Gasteiger partial charge in [-0.3, -0.25) is 25.0 Å². The number of nitro groups is 2. The number of nitro benzene ring substituents is 2. The van der Waals surface area contributed by atoms with Crippen molar-refractivity contribution in [2.24, 2.45) is 5.10 Å². The molecule has 1 N–H and O–H groups in total. The summed E-state index contributed by atoms with van der Waals surface area (Å²) >= 11 is 7.11. The molecule has 2 aromatic carbocycles. The van der Waals surface area contributed by atoms with Crippen LogP contribution in [-0.2, 0) is 0 Å². The fourth-order valence-corrected chi connectivity index (χ4v) is 3.31. The molecule has 11 heteroatoms. The Hall–Kier alpha value is -3.37. The van der Waals surface area contributed by atoms with Crippen molar-refractivity contribution in [3.63, 3.8) is 0 Å². The van der Waals surface area contributed by atoms with Gasteiger partial charge in [0.15, 0.2) is 0 Å². The second kappa shape index (κ2) is 7.48. The lowest BCUT2D eigenvalue weighted by molar-refractivity contribution is -0.385. The van der Waals surface area contributed by atoms with Gasteiger partial charge in [-0.15, -0.1) is 11.3 Å². The van der Waals surface area contributed by atoms with E-state index in [-0.39, 0.29) is 22.0 Å². The summed E-state index contributed by atoms with van der Waals surface area (Å²) in [5.74, 6) is -0.517. The molecule has 136 valence electrons. The van der Waals surface area contributed by atoms with Crippen LogP contribution >= 0.6 is 22.9 Å². The van der Waals surface area contributed by atoms with Crippen LogP contribution in [0.5, 0.6) is 0 Å². The predicted octanol–water partition coefficient (Wildman–Crippen LogP) is 4.14. The van der Waals surface area contributed by atoms with Gasteiger partial charge in [0, 0.05) is 44.9 Å². The van der Waals surface area contributed by atoms with Gasteiger partial charge in [0.05, 0.1) is 20.9 Å². The smallest absolute Gasteiger partial charge is 0.266 e. The van der Waals surface area contributed by atoms with E-state index >= 15 is 0 Å². The summed E-state index contributed by atoms with van der Waals surface area (Å²) in [5.41, 5.74) is 2.36. The van der Waals surface area contributed by atoms with Crippen molar-refractivity contribution < 1.29 is 14.6 Å². The van der Waals surface area contributed by atoms with Crippen molar-refractivity contribution in [2.45, 2.75) is 0 Å². The average molecular weight is 405 g/mol. The number of hydrazone groups is 1. The van der Waals surface area contributed by atoms with Gasteiger partial charge in [-0.2, -0.15) is 5.10 Å². The molecule has 1 aromatic heterocycles. The van der Waals surface area contributed by atoms with E-state index < -0.39 is 15.8 Å². The SMILES string of the molecule is O=C(N/N=C\c1cc([N+](=O)[O-])ccc1Cl)c1cc2cc([N+](=O)[O-])ccc2s1. The third kappa shape index (κ3) is 4.07. The molecule has 0 unspecified atom stereocenters. The third-order valence-corrected chi connectivity index (χ3v) is 4.95. The molecular formula is C16H9ClN4O5S. The molecule has 3 aromatic rings.